The molecule has 0 aliphatic carbocycles. The molecule has 0 saturated carbocycles. The highest BCUT2D eigenvalue weighted by Crippen LogP contribution is 2.42. The maximum atomic E-state index is 6.56. The SMILES string of the molecule is c1ccc(C2=NC(c3cccc4oc5ccc(-c6ccc7c(c6)c6cc(-c8ccc9oc%10ccccc%10c9c8)ccc6n7-c6ccccc6)cc5c34)N=C(c3ccccc3)N2)cc1. The van der Waals surface area contributed by atoms with Gasteiger partial charge in [-0.3, -0.25) is 0 Å². The summed E-state index contributed by atoms with van der Waals surface area (Å²) in [6.07, 6.45) is -0.493. The summed E-state index contributed by atoms with van der Waals surface area (Å²) >= 11 is 0. The summed E-state index contributed by atoms with van der Waals surface area (Å²) in [4.78, 5) is 10.5. The Balaban J connectivity index is 0.970. The van der Waals surface area contributed by atoms with Crippen molar-refractivity contribution in [3.8, 4) is 27.9 Å². The molecule has 4 heterocycles. The number of hydrogen-bond donors (Lipinski definition) is 1. The van der Waals surface area contributed by atoms with Gasteiger partial charge in [0.1, 0.15) is 34.0 Å². The molecule has 0 fully saturated rings. The molecule has 6 nitrogen and oxygen atoms in total. The fourth-order valence-electron chi connectivity index (χ4n) is 9.47. The molecule has 0 amide bonds. The van der Waals surface area contributed by atoms with Gasteiger partial charge in [0.05, 0.1) is 11.0 Å². The summed E-state index contributed by atoms with van der Waals surface area (Å²) < 4.78 is 15.1. The zero-order valence-corrected chi connectivity index (χ0v) is 33.9. The lowest BCUT2D eigenvalue weighted by molar-refractivity contribution is 0.667. The molecule has 1 N–H and O–H groups in total. The Morgan fingerprint density at radius 3 is 1.48 bits per heavy atom. The first-order valence-corrected chi connectivity index (χ1v) is 21.2. The van der Waals surface area contributed by atoms with E-state index in [0.717, 1.165) is 111 Å². The van der Waals surface area contributed by atoms with Gasteiger partial charge >= 0.3 is 0 Å². The van der Waals surface area contributed by atoms with E-state index in [-0.39, 0.29) is 0 Å². The third kappa shape index (κ3) is 5.80. The number of nitrogens with zero attached hydrogens (tertiary/aromatic N) is 3. The molecular weight excluding hydrogens is 773 g/mol. The molecule has 0 spiro atoms. The van der Waals surface area contributed by atoms with E-state index in [4.69, 9.17) is 18.8 Å². The quantitative estimate of drug-likeness (QED) is 0.182. The number of fused-ring (bicyclic) bond motifs is 9. The average Bonchev–Trinajstić information content (AvgIpc) is 4.03. The van der Waals surface area contributed by atoms with Gasteiger partial charge in [-0.2, -0.15) is 0 Å². The molecule has 0 unspecified atom stereocenters. The Bertz CT molecular complexity index is 3770. The second kappa shape index (κ2) is 14.0. The van der Waals surface area contributed by atoms with Gasteiger partial charge in [0.25, 0.3) is 0 Å². The molecule has 0 saturated heterocycles. The van der Waals surface area contributed by atoms with Crippen LogP contribution in [0.25, 0.3) is 93.6 Å². The van der Waals surface area contributed by atoms with Crippen molar-refractivity contribution < 1.29 is 8.83 Å². The maximum absolute atomic E-state index is 6.56. The van der Waals surface area contributed by atoms with Gasteiger partial charge in [0, 0.05) is 54.7 Å². The lowest BCUT2D eigenvalue weighted by atomic mass is 9.97. The average molecular weight is 809 g/mol. The largest absolute Gasteiger partial charge is 0.456 e. The fraction of sp³-hybridized carbons (Fsp3) is 0.0175. The molecule has 0 atom stereocenters. The van der Waals surface area contributed by atoms with Crippen molar-refractivity contribution in [2.24, 2.45) is 9.98 Å². The molecule has 296 valence electrons. The normalized spacial score (nSPS) is 13.3. The van der Waals surface area contributed by atoms with E-state index in [1.54, 1.807) is 0 Å². The molecule has 6 heteroatoms. The van der Waals surface area contributed by atoms with Gasteiger partial charge in [-0.25, -0.2) is 9.98 Å². The summed E-state index contributed by atoms with van der Waals surface area (Å²) in [6, 6.07) is 72.3. The van der Waals surface area contributed by atoms with E-state index >= 15 is 0 Å². The number of nitrogens with one attached hydrogen (secondary N) is 1. The van der Waals surface area contributed by atoms with Crippen LogP contribution in [0.15, 0.2) is 225 Å². The molecule has 13 rings (SSSR count). The fourth-order valence-corrected chi connectivity index (χ4v) is 9.47. The first-order chi connectivity index (χ1) is 31.2. The minimum Gasteiger partial charge on any atom is -0.456 e. The summed E-state index contributed by atoms with van der Waals surface area (Å²) in [7, 11) is 0. The van der Waals surface area contributed by atoms with Gasteiger partial charge in [0.2, 0.25) is 0 Å². The minimum absolute atomic E-state index is 0.493. The number of amidine groups is 2. The number of rotatable bonds is 6. The molecule has 12 aromatic rings. The molecule has 1 aliphatic rings. The molecule has 63 heavy (non-hydrogen) atoms. The van der Waals surface area contributed by atoms with Crippen molar-refractivity contribution in [2.45, 2.75) is 6.17 Å². The Morgan fingerprint density at radius 1 is 0.365 bits per heavy atom. The summed E-state index contributed by atoms with van der Waals surface area (Å²) in [5.74, 6) is 1.56. The maximum Gasteiger partial charge on any atom is 0.170 e. The van der Waals surface area contributed by atoms with Crippen molar-refractivity contribution in [3.05, 3.63) is 223 Å². The predicted octanol–water partition coefficient (Wildman–Crippen LogP) is 14.4. The van der Waals surface area contributed by atoms with Gasteiger partial charge in [-0.05, 0) is 95.1 Å². The van der Waals surface area contributed by atoms with Crippen LogP contribution in [-0.4, -0.2) is 16.2 Å². The number of furan rings is 2. The van der Waals surface area contributed by atoms with Crippen LogP contribution in [0.3, 0.4) is 0 Å². The van der Waals surface area contributed by atoms with Gasteiger partial charge in [-0.1, -0.05) is 133 Å². The van der Waals surface area contributed by atoms with E-state index in [0.29, 0.717) is 0 Å². The molecule has 9 aromatic carbocycles. The van der Waals surface area contributed by atoms with Crippen LogP contribution >= 0.6 is 0 Å². The Morgan fingerprint density at radius 2 is 0.841 bits per heavy atom. The van der Waals surface area contributed by atoms with E-state index in [2.05, 4.69) is 155 Å². The molecular formula is C57H36N4O2. The van der Waals surface area contributed by atoms with E-state index in [1.807, 2.05) is 60.7 Å². The van der Waals surface area contributed by atoms with Crippen molar-refractivity contribution in [1.29, 1.82) is 0 Å². The number of aliphatic imine (C=N–C) groups is 2. The van der Waals surface area contributed by atoms with Crippen LogP contribution < -0.4 is 5.32 Å². The lowest BCUT2D eigenvalue weighted by Gasteiger charge is -2.22. The third-order valence-corrected chi connectivity index (χ3v) is 12.5. The van der Waals surface area contributed by atoms with Crippen molar-refractivity contribution >= 4 is 77.4 Å². The van der Waals surface area contributed by atoms with Crippen molar-refractivity contribution in [2.75, 3.05) is 0 Å². The third-order valence-electron chi connectivity index (χ3n) is 12.5. The van der Waals surface area contributed by atoms with Crippen LogP contribution in [0, 0.1) is 0 Å². The highest BCUT2D eigenvalue weighted by atomic mass is 16.3. The number of benzene rings is 9. The van der Waals surface area contributed by atoms with E-state index in [9.17, 15) is 0 Å². The predicted molar refractivity (Wildman–Crippen MR) is 258 cm³/mol. The van der Waals surface area contributed by atoms with Crippen LogP contribution in [0.2, 0.25) is 0 Å². The first-order valence-electron chi connectivity index (χ1n) is 21.2. The summed E-state index contributed by atoms with van der Waals surface area (Å²) in [5, 5.41) is 10.2. The highest BCUT2D eigenvalue weighted by molar-refractivity contribution is 6.17. The molecule has 3 aromatic heterocycles. The topological polar surface area (TPSA) is 68.0 Å². The lowest BCUT2D eigenvalue weighted by Crippen LogP contribution is -2.36. The zero-order chi connectivity index (χ0) is 41.4. The second-order valence-corrected chi connectivity index (χ2v) is 16.2. The summed E-state index contributed by atoms with van der Waals surface area (Å²) in [6.45, 7) is 0. The second-order valence-electron chi connectivity index (χ2n) is 16.2. The standard InChI is InChI=1S/C57H36N4O2/c1-4-13-35(14-5-1)55-58-56(36-15-6-2-7-16-36)60-57(59-55)43-20-12-22-53-54(43)47-34-40(26-30-52(47)63-53)38-24-28-49-45(32-38)44-31-37(23-27-48(44)61(49)41-17-8-3-9-18-41)39-25-29-51-46(33-39)42-19-10-11-21-50(42)62-51/h1-34,57H,(H,58,59,60). The highest BCUT2D eigenvalue weighted by Gasteiger charge is 2.24. The minimum atomic E-state index is -0.493. The zero-order valence-electron chi connectivity index (χ0n) is 33.9. The van der Waals surface area contributed by atoms with Gasteiger partial charge < -0.3 is 18.7 Å². The number of para-hydroxylation sites is 2. The summed E-state index contributed by atoms with van der Waals surface area (Å²) in [5.41, 5.74) is 14.4. The van der Waals surface area contributed by atoms with Gasteiger partial charge in [-0.15, -0.1) is 0 Å². The smallest absolute Gasteiger partial charge is 0.170 e. The van der Waals surface area contributed by atoms with Crippen LogP contribution in [-0.2, 0) is 0 Å². The Kier molecular flexibility index (Phi) is 7.87. The van der Waals surface area contributed by atoms with Crippen molar-refractivity contribution in [3.63, 3.8) is 0 Å². The van der Waals surface area contributed by atoms with E-state index in [1.165, 1.54) is 10.8 Å². The Labute approximate surface area is 361 Å². The molecule has 0 radical (unpaired) electrons. The number of hydrogen-bond acceptors (Lipinski definition) is 5. The van der Waals surface area contributed by atoms with E-state index < -0.39 is 6.17 Å². The van der Waals surface area contributed by atoms with Gasteiger partial charge in [0.15, 0.2) is 6.17 Å². The van der Waals surface area contributed by atoms with Crippen LogP contribution in [0.5, 0.6) is 0 Å². The van der Waals surface area contributed by atoms with Crippen molar-refractivity contribution in [1.82, 2.24) is 9.88 Å². The molecule has 0 bridgehead atoms. The Hall–Kier alpha value is -8.48. The van der Waals surface area contributed by atoms with Crippen LogP contribution in [0.1, 0.15) is 22.9 Å². The first kappa shape index (κ1) is 35.3. The molecule has 1 aliphatic heterocycles. The number of aromatic nitrogens is 1. The van der Waals surface area contributed by atoms with Crippen LogP contribution in [0.4, 0.5) is 0 Å². The monoisotopic (exact) mass is 808 g/mol.